The summed E-state index contributed by atoms with van der Waals surface area (Å²) in [6, 6.07) is 3.11. The van der Waals surface area contributed by atoms with E-state index in [9.17, 15) is 8.78 Å². The van der Waals surface area contributed by atoms with Crippen LogP contribution < -0.4 is 11.1 Å². The normalized spacial score (nSPS) is 12.3. The van der Waals surface area contributed by atoms with E-state index in [2.05, 4.69) is 16.9 Å². The molecule has 104 valence electrons. The molecule has 0 unspecified atom stereocenters. The van der Waals surface area contributed by atoms with Gasteiger partial charge in [0.1, 0.15) is 11.6 Å². The topological polar surface area (TPSA) is 50.4 Å². The van der Waals surface area contributed by atoms with Crippen molar-refractivity contribution in [3.63, 3.8) is 0 Å². The molecule has 0 fully saturated rings. The SMILES string of the molecule is C=CCC(C)(C)CN=C(N)Nc1cc(F)ccc1F. The number of benzene rings is 1. The molecule has 0 aliphatic heterocycles. The summed E-state index contributed by atoms with van der Waals surface area (Å²) < 4.78 is 26.3. The molecule has 1 aromatic rings. The number of nitrogens with zero attached hydrogens (tertiary/aromatic N) is 1. The summed E-state index contributed by atoms with van der Waals surface area (Å²) >= 11 is 0. The van der Waals surface area contributed by atoms with Crippen molar-refractivity contribution in [1.29, 1.82) is 0 Å². The zero-order chi connectivity index (χ0) is 14.5. The van der Waals surface area contributed by atoms with Gasteiger partial charge in [0, 0.05) is 12.6 Å². The van der Waals surface area contributed by atoms with E-state index < -0.39 is 11.6 Å². The molecule has 0 aromatic heterocycles. The lowest BCUT2D eigenvalue weighted by molar-refractivity contribution is 0.386. The van der Waals surface area contributed by atoms with Crippen LogP contribution in [0, 0.1) is 17.0 Å². The summed E-state index contributed by atoms with van der Waals surface area (Å²) in [5, 5.41) is 2.55. The monoisotopic (exact) mass is 267 g/mol. The van der Waals surface area contributed by atoms with Crippen molar-refractivity contribution in [3.05, 3.63) is 42.5 Å². The first kappa shape index (κ1) is 15.1. The molecule has 0 saturated carbocycles. The lowest BCUT2D eigenvalue weighted by atomic mass is 9.90. The smallest absolute Gasteiger partial charge is 0.193 e. The number of hydrogen-bond acceptors (Lipinski definition) is 1. The first-order chi connectivity index (χ1) is 8.84. The quantitative estimate of drug-likeness (QED) is 0.488. The Hall–Kier alpha value is -1.91. The molecular weight excluding hydrogens is 248 g/mol. The summed E-state index contributed by atoms with van der Waals surface area (Å²) in [5.74, 6) is -1.06. The Morgan fingerprint density at radius 3 is 2.79 bits per heavy atom. The van der Waals surface area contributed by atoms with Crippen molar-refractivity contribution >= 4 is 11.6 Å². The third-order valence-electron chi connectivity index (χ3n) is 2.57. The molecular formula is C14H19F2N3. The predicted molar refractivity (Wildman–Crippen MR) is 75.1 cm³/mol. The van der Waals surface area contributed by atoms with Gasteiger partial charge < -0.3 is 11.1 Å². The average molecular weight is 267 g/mol. The minimum atomic E-state index is -0.579. The molecule has 1 aromatic carbocycles. The molecule has 0 bridgehead atoms. The first-order valence-corrected chi connectivity index (χ1v) is 5.97. The molecule has 0 spiro atoms. The highest BCUT2D eigenvalue weighted by Crippen LogP contribution is 2.21. The molecule has 19 heavy (non-hydrogen) atoms. The molecule has 0 saturated heterocycles. The van der Waals surface area contributed by atoms with E-state index in [1.807, 2.05) is 19.9 Å². The molecule has 5 heteroatoms. The maximum atomic E-state index is 13.4. The summed E-state index contributed by atoms with van der Waals surface area (Å²) in [7, 11) is 0. The Morgan fingerprint density at radius 2 is 2.16 bits per heavy atom. The van der Waals surface area contributed by atoms with Gasteiger partial charge in [-0.1, -0.05) is 19.9 Å². The Labute approximate surface area is 112 Å². The van der Waals surface area contributed by atoms with E-state index in [1.165, 1.54) is 0 Å². The molecule has 0 amide bonds. The minimum Gasteiger partial charge on any atom is -0.370 e. The van der Waals surface area contributed by atoms with Crippen LogP contribution in [0.5, 0.6) is 0 Å². The van der Waals surface area contributed by atoms with Crippen LogP contribution in [0.25, 0.3) is 0 Å². The Balaban J connectivity index is 2.71. The first-order valence-electron chi connectivity index (χ1n) is 5.97. The van der Waals surface area contributed by atoms with Crippen molar-refractivity contribution < 1.29 is 8.78 Å². The lowest BCUT2D eigenvalue weighted by Gasteiger charge is -2.20. The fourth-order valence-corrected chi connectivity index (χ4v) is 1.53. The van der Waals surface area contributed by atoms with Gasteiger partial charge in [0.2, 0.25) is 0 Å². The predicted octanol–water partition coefficient (Wildman–Crippen LogP) is 3.29. The van der Waals surface area contributed by atoms with E-state index >= 15 is 0 Å². The third-order valence-corrected chi connectivity index (χ3v) is 2.57. The van der Waals surface area contributed by atoms with Gasteiger partial charge in [-0.2, -0.15) is 0 Å². The highest BCUT2D eigenvalue weighted by Gasteiger charge is 2.15. The summed E-state index contributed by atoms with van der Waals surface area (Å²) in [6.45, 7) is 8.19. The van der Waals surface area contributed by atoms with Gasteiger partial charge in [-0.3, -0.25) is 4.99 Å². The highest BCUT2D eigenvalue weighted by molar-refractivity contribution is 5.92. The van der Waals surface area contributed by atoms with Crippen LogP contribution in [-0.2, 0) is 0 Å². The average Bonchev–Trinajstić information content (AvgIpc) is 2.31. The number of hydrogen-bond donors (Lipinski definition) is 2. The van der Waals surface area contributed by atoms with Gasteiger partial charge in [-0.05, 0) is 24.0 Å². The van der Waals surface area contributed by atoms with Gasteiger partial charge in [0.05, 0.1) is 5.69 Å². The van der Waals surface area contributed by atoms with Crippen LogP contribution in [0.1, 0.15) is 20.3 Å². The second kappa shape index (κ2) is 6.31. The number of anilines is 1. The van der Waals surface area contributed by atoms with Crippen molar-refractivity contribution in [2.45, 2.75) is 20.3 Å². The summed E-state index contributed by atoms with van der Waals surface area (Å²) in [5.41, 5.74) is 5.55. The van der Waals surface area contributed by atoms with Crippen molar-refractivity contribution in [1.82, 2.24) is 0 Å². The van der Waals surface area contributed by atoms with E-state index in [0.717, 1.165) is 24.6 Å². The van der Waals surface area contributed by atoms with E-state index in [0.29, 0.717) is 6.54 Å². The second-order valence-corrected chi connectivity index (χ2v) is 5.11. The van der Waals surface area contributed by atoms with Crippen LogP contribution in [0.15, 0.2) is 35.8 Å². The Morgan fingerprint density at radius 1 is 1.47 bits per heavy atom. The largest absolute Gasteiger partial charge is 0.370 e. The molecule has 0 radical (unpaired) electrons. The molecule has 0 atom stereocenters. The number of guanidine groups is 1. The molecule has 0 aliphatic rings. The molecule has 3 nitrogen and oxygen atoms in total. The number of aliphatic imine (C=N–C) groups is 1. The third kappa shape index (κ3) is 5.07. The maximum absolute atomic E-state index is 13.4. The number of nitrogens with two attached hydrogens (primary N) is 1. The van der Waals surface area contributed by atoms with Gasteiger partial charge in [-0.15, -0.1) is 6.58 Å². The van der Waals surface area contributed by atoms with Crippen molar-refractivity contribution in [2.75, 3.05) is 11.9 Å². The zero-order valence-corrected chi connectivity index (χ0v) is 11.2. The summed E-state index contributed by atoms with van der Waals surface area (Å²) in [6.07, 6.45) is 2.60. The van der Waals surface area contributed by atoms with Crippen LogP contribution in [0.3, 0.4) is 0 Å². The van der Waals surface area contributed by atoms with Gasteiger partial charge in [0.15, 0.2) is 5.96 Å². The Bertz CT molecular complexity index is 482. The van der Waals surface area contributed by atoms with Gasteiger partial charge >= 0.3 is 0 Å². The number of rotatable bonds is 5. The number of nitrogens with one attached hydrogen (secondary N) is 1. The van der Waals surface area contributed by atoms with Gasteiger partial charge in [-0.25, -0.2) is 8.78 Å². The van der Waals surface area contributed by atoms with E-state index in [-0.39, 0.29) is 17.1 Å². The van der Waals surface area contributed by atoms with Crippen molar-refractivity contribution in [2.24, 2.45) is 16.1 Å². The van der Waals surface area contributed by atoms with E-state index in [4.69, 9.17) is 5.73 Å². The highest BCUT2D eigenvalue weighted by atomic mass is 19.1. The second-order valence-electron chi connectivity index (χ2n) is 5.11. The van der Waals surface area contributed by atoms with Crippen LogP contribution >= 0.6 is 0 Å². The summed E-state index contributed by atoms with van der Waals surface area (Å²) in [4.78, 5) is 4.13. The standard InChI is InChI=1S/C14H19F2N3/c1-4-7-14(2,3)9-18-13(17)19-12-8-10(15)5-6-11(12)16/h4-6,8H,1,7,9H2,2-3H3,(H3,17,18,19). The number of halogens is 2. The molecule has 3 N–H and O–H groups in total. The van der Waals surface area contributed by atoms with Crippen LogP contribution in [0.2, 0.25) is 0 Å². The maximum Gasteiger partial charge on any atom is 0.193 e. The fraction of sp³-hybridized carbons (Fsp3) is 0.357. The van der Waals surface area contributed by atoms with E-state index in [1.54, 1.807) is 0 Å². The van der Waals surface area contributed by atoms with Crippen molar-refractivity contribution in [3.8, 4) is 0 Å². The minimum absolute atomic E-state index is 0.0252. The molecule has 1 rings (SSSR count). The van der Waals surface area contributed by atoms with Crippen LogP contribution in [-0.4, -0.2) is 12.5 Å². The molecule has 0 heterocycles. The number of allylic oxidation sites excluding steroid dienone is 1. The lowest BCUT2D eigenvalue weighted by Crippen LogP contribution is -2.26. The zero-order valence-electron chi connectivity index (χ0n) is 11.2. The molecule has 0 aliphatic carbocycles. The Kier molecular flexibility index (Phi) is 5.03. The van der Waals surface area contributed by atoms with Gasteiger partial charge in [0.25, 0.3) is 0 Å². The fourth-order valence-electron chi connectivity index (χ4n) is 1.53. The van der Waals surface area contributed by atoms with Crippen LogP contribution in [0.4, 0.5) is 14.5 Å².